The van der Waals surface area contributed by atoms with E-state index in [1.54, 1.807) is 0 Å². The minimum Gasteiger partial charge on any atom is -0.357 e. The third-order valence-corrected chi connectivity index (χ3v) is 3.14. The van der Waals surface area contributed by atoms with Gasteiger partial charge in [-0.2, -0.15) is 0 Å². The van der Waals surface area contributed by atoms with Gasteiger partial charge >= 0.3 is 0 Å². The molecule has 15 heavy (non-hydrogen) atoms. The zero-order chi connectivity index (χ0) is 11.0. The second-order valence-corrected chi connectivity index (χ2v) is 4.24. The van der Waals surface area contributed by atoms with Crippen LogP contribution >= 0.6 is 11.6 Å². The molecule has 2 aromatic rings. The van der Waals surface area contributed by atoms with Crippen LogP contribution < -0.4 is 5.73 Å². The second kappa shape index (κ2) is 3.87. The average molecular weight is 223 g/mol. The number of aromatic nitrogens is 1. The number of aryl methyl sites for hydroxylation is 1. The minimum absolute atomic E-state index is 0.0467. The van der Waals surface area contributed by atoms with Crippen molar-refractivity contribution in [2.24, 2.45) is 5.73 Å². The van der Waals surface area contributed by atoms with Crippen LogP contribution in [0.1, 0.15) is 31.1 Å². The van der Waals surface area contributed by atoms with Gasteiger partial charge in [0.15, 0.2) is 0 Å². The number of rotatable bonds is 2. The lowest BCUT2D eigenvalue weighted by molar-refractivity contribution is 0.820. The van der Waals surface area contributed by atoms with E-state index < -0.39 is 0 Å². The van der Waals surface area contributed by atoms with E-state index in [0.29, 0.717) is 0 Å². The zero-order valence-electron chi connectivity index (χ0n) is 8.97. The minimum atomic E-state index is 0.0467. The van der Waals surface area contributed by atoms with Crippen LogP contribution in [-0.4, -0.2) is 4.98 Å². The molecule has 1 aromatic carbocycles. The fraction of sp³-hybridized carbons (Fsp3) is 0.333. The van der Waals surface area contributed by atoms with Gasteiger partial charge in [-0.25, -0.2) is 0 Å². The molecule has 0 radical (unpaired) electrons. The van der Waals surface area contributed by atoms with E-state index in [9.17, 15) is 0 Å². The lowest BCUT2D eigenvalue weighted by atomic mass is 10.1. The maximum absolute atomic E-state index is 6.26. The van der Waals surface area contributed by atoms with Gasteiger partial charge in [0.1, 0.15) is 0 Å². The normalized spacial score (nSPS) is 13.3. The number of nitrogens with two attached hydrogens (primary N) is 1. The molecule has 0 fully saturated rings. The molecule has 2 nitrogen and oxygen atoms in total. The lowest BCUT2D eigenvalue weighted by Crippen LogP contribution is -2.04. The monoisotopic (exact) mass is 222 g/mol. The van der Waals surface area contributed by atoms with Crippen molar-refractivity contribution in [3.8, 4) is 0 Å². The summed E-state index contributed by atoms with van der Waals surface area (Å²) in [7, 11) is 0. The highest BCUT2D eigenvalue weighted by Crippen LogP contribution is 2.29. The van der Waals surface area contributed by atoms with Crippen molar-refractivity contribution in [1.29, 1.82) is 0 Å². The Kier molecular flexibility index (Phi) is 2.72. The Morgan fingerprint density at radius 1 is 1.47 bits per heavy atom. The van der Waals surface area contributed by atoms with Crippen LogP contribution in [0.2, 0.25) is 5.02 Å². The van der Waals surface area contributed by atoms with E-state index in [-0.39, 0.29) is 6.04 Å². The molecule has 2 rings (SSSR count). The molecule has 0 aliphatic carbocycles. The van der Waals surface area contributed by atoms with Crippen molar-refractivity contribution in [2.45, 2.75) is 26.3 Å². The first-order valence-electron chi connectivity index (χ1n) is 5.19. The number of benzene rings is 1. The van der Waals surface area contributed by atoms with Gasteiger partial charge < -0.3 is 10.7 Å². The summed E-state index contributed by atoms with van der Waals surface area (Å²) in [6.45, 7) is 4.06. The van der Waals surface area contributed by atoms with Gasteiger partial charge in [-0.3, -0.25) is 0 Å². The number of H-pyrrole nitrogens is 1. The molecule has 1 atom stereocenters. The number of halogens is 1. The third-order valence-electron chi connectivity index (χ3n) is 2.71. The fourth-order valence-electron chi connectivity index (χ4n) is 1.76. The van der Waals surface area contributed by atoms with E-state index in [2.05, 4.69) is 18.0 Å². The smallest absolute Gasteiger partial charge is 0.0691 e. The largest absolute Gasteiger partial charge is 0.357 e. The van der Waals surface area contributed by atoms with Crippen LogP contribution in [0, 0.1) is 0 Å². The fourth-order valence-corrected chi connectivity index (χ4v) is 2.10. The molecular formula is C12H15ClN2. The summed E-state index contributed by atoms with van der Waals surface area (Å²) in [6.07, 6.45) is 0.918. The molecule has 1 heterocycles. The molecule has 80 valence electrons. The Labute approximate surface area is 94.4 Å². The lowest BCUT2D eigenvalue weighted by Gasteiger charge is -2.04. The Bertz CT molecular complexity index is 486. The molecule has 0 saturated carbocycles. The van der Waals surface area contributed by atoms with Gasteiger partial charge in [-0.1, -0.05) is 24.6 Å². The van der Waals surface area contributed by atoms with Crippen LogP contribution in [-0.2, 0) is 6.42 Å². The summed E-state index contributed by atoms with van der Waals surface area (Å²) in [6, 6.07) is 6.20. The van der Waals surface area contributed by atoms with Gasteiger partial charge in [0.05, 0.1) is 5.02 Å². The van der Waals surface area contributed by atoms with Crippen molar-refractivity contribution >= 4 is 22.5 Å². The number of hydrogen-bond acceptors (Lipinski definition) is 1. The van der Waals surface area contributed by atoms with Crippen LogP contribution in [0.4, 0.5) is 0 Å². The van der Waals surface area contributed by atoms with Gasteiger partial charge in [0.2, 0.25) is 0 Å². The first-order valence-corrected chi connectivity index (χ1v) is 5.56. The van der Waals surface area contributed by atoms with Gasteiger partial charge in [-0.05, 0) is 31.0 Å². The Balaban J connectivity index is 2.65. The van der Waals surface area contributed by atoms with Crippen molar-refractivity contribution in [3.63, 3.8) is 0 Å². The molecule has 0 aliphatic heterocycles. The maximum Gasteiger partial charge on any atom is 0.0691 e. The van der Waals surface area contributed by atoms with Crippen molar-refractivity contribution in [2.75, 3.05) is 0 Å². The van der Waals surface area contributed by atoms with E-state index >= 15 is 0 Å². The number of fused-ring (bicyclic) bond motifs is 1. The molecule has 3 N–H and O–H groups in total. The SMILES string of the molecule is CCc1[nH]c2ccc(C(C)N)cc2c1Cl. The third kappa shape index (κ3) is 1.75. The standard InChI is InChI=1S/C12H15ClN2/c1-3-10-12(13)9-6-8(7(2)14)4-5-11(9)15-10/h4-7,15H,3,14H2,1-2H3. The first-order chi connectivity index (χ1) is 7.13. The Morgan fingerprint density at radius 2 is 2.20 bits per heavy atom. The highest BCUT2D eigenvalue weighted by Gasteiger charge is 2.09. The van der Waals surface area contributed by atoms with Crippen molar-refractivity contribution in [3.05, 3.63) is 34.5 Å². The predicted octanol–water partition coefficient (Wildman–Crippen LogP) is 3.40. The molecule has 0 spiro atoms. The quantitative estimate of drug-likeness (QED) is 0.804. The first kappa shape index (κ1) is 10.5. The molecule has 0 amide bonds. The van der Waals surface area contributed by atoms with E-state index in [1.165, 1.54) is 0 Å². The van der Waals surface area contributed by atoms with Crippen molar-refractivity contribution < 1.29 is 0 Å². The van der Waals surface area contributed by atoms with Crippen molar-refractivity contribution in [1.82, 2.24) is 4.98 Å². The molecule has 1 aromatic heterocycles. The number of aromatic amines is 1. The van der Waals surface area contributed by atoms with E-state index in [0.717, 1.165) is 33.6 Å². The highest BCUT2D eigenvalue weighted by molar-refractivity contribution is 6.36. The van der Waals surface area contributed by atoms with Crippen LogP contribution in [0.25, 0.3) is 10.9 Å². The summed E-state index contributed by atoms with van der Waals surface area (Å²) in [5.41, 5.74) is 9.13. The second-order valence-electron chi connectivity index (χ2n) is 3.86. The zero-order valence-corrected chi connectivity index (χ0v) is 9.73. The summed E-state index contributed by atoms with van der Waals surface area (Å²) in [4.78, 5) is 3.31. The Hall–Kier alpha value is -0.990. The van der Waals surface area contributed by atoms with Crippen LogP contribution in [0.5, 0.6) is 0 Å². The van der Waals surface area contributed by atoms with Gasteiger partial charge in [0.25, 0.3) is 0 Å². The predicted molar refractivity (Wildman–Crippen MR) is 65.3 cm³/mol. The molecule has 0 saturated heterocycles. The summed E-state index contributed by atoms with van der Waals surface area (Å²) in [5.74, 6) is 0. The van der Waals surface area contributed by atoms with Gasteiger partial charge in [-0.15, -0.1) is 0 Å². The summed E-state index contributed by atoms with van der Waals surface area (Å²) < 4.78 is 0. The molecule has 1 unspecified atom stereocenters. The molecule has 0 aliphatic rings. The van der Waals surface area contributed by atoms with Crippen LogP contribution in [0.3, 0.4) is 0 Å². The topological polar surface area (TPSA) is 41.8 Å². The Morgan fingerprint density at radius 3 is 2.80 bits per heavy atom. The molecular weight excluding hydrogens is 208 g/mol. The highest BCUT2D eigenvalue weighted by atomic mass is 35.5. The molecule has 3 heteroatoms. The average Bonchev–Trinajstić information content (AvgIpc) is 2.55. The maximum atomic E-state index is 6.26. The van der Waals surface area contributed by atoms with Crippen LogP contribution in [0.15, 0.2) is 18.2 Å². The van der Waals surface area contributed by atoms with Gasteiger partial charge in [0, 0.05) is 22.6 Å². The summed E-state index contributed by atoms with van der Waals surface area (Å²) in [5, 5.41) is 1.90. The van der Waals surface area contributed by atoms with E-state index in [4.69, 9.17) is 17.3 Å². The van der Waals surface area contributed by atoms with E-state index in [1.807, 2.05) is 19.1 Å². The summed E-state index contributed by atoms with van der Waals surface area (Å²) >= 11 is 6.26. The number of nitrogens with one attached hydrogen (secondary N) is 1. The number of hydrogen-bond donors (Lipinski definition) is 2. The molecule has 0 bridgehead atoms.